The topological polar surface area (TPSA) is 0 Å². The van der Waals surface area contributed by atoms with E-state index in [1.165, 1.54) is 32.9 Å². The molecule has 0 fully saturated rings. The summed E-state index contributed by atoms with van der Waals surface area (Å²) in [4.78, 5) is 0. The molecule has 0 saturated carbocycles. The molecule has 0 radical (unpaired) electrons. The maximum Gasteiger partial charge on any atom is -0.00340 e. The Morgan fingerprint density at radius 3 is 1.57 bits per heavy atom. The lowest BCUT2D eigenvalue weighted by molar-refractivity contribution is 1.24. The number of hydrogen-bond acceptors (Lipinski definition) is 0. The van der Waals surface area contributed by atoms with Gasteiger partial charge in [0, 0.05) is 0 Å². The van der Waals surface area contributed by atoms with E-state index in [4.69, 9.17) is 0 Å². The highest BCUT2D eigenvalue weighted by Gasteiger charge is 2.18. The molecule has 0 saturated heterocycles. The van der Waals surface area contributed by atoms with Crippen molar-refractivity contribution in [1.82, 2.24) is 0 Å². The van der Waals surface area contributed by atoms with Gasteiger partial charge in [-0.2, -0.15) is 0 Å². The van der Waals surface area contributed by atoms with Crippen LogP contribution in [0.4, 0.5) is 0 Å². The van der Waals surface area contributed by atoms with E-state index in [0.29, 0.717) is 0 Å². The standard InChI is InChI=1S/C20H25P/c1-15(2)18(5)14-21(19-12-8-6-10-16(19)3)20-13-9-7-11-17(20)4/h6-13H,14H2,1-5H3. The first kappa shape index (κ1) is 16.0. The van der Waals surface area contributed by atoms with Crippen LogP contribution in [-0.4, -0.2) is 6.16 Å². The first-order chi connectivity index (χ1) is 10.0. The molecule has 0 aliphatic heterocycles. The van der Waals surface area contributed by atoms with Gasteiger partial charge in [-0.3, -0.25) is 0 Å². The monoisotopic (exact) mass is 296 g/mol. The van der Waals surface area contributed by atoms with Gasteiger partial charge in [0.2, 0.25) is 0 Å². The summed E-state index contributed by atoms with van der Waals surface area (Å²) in [6.45, 7) is 11.2. The maximum absolute atomic E-state index is 2.31. The zero-order valence-electron chi connectivity index (χ0n) is 13.8. The van der Waals surface area contributed by atoms with E-state index in [0.717, 1.165) is 6.16 Å². The van der Waals surface area contributed by atoms with Crippen LogP contribution >= 0.6 is 7.92 Å². The molecule has 2 aromatic rings. The minimum absolute atomic E-state index is 0.322. The minimum Gasteiger partial charge on any atom is -0.0771 e. The molecular weight excluding hydrogens is 271 g/mol. The molecule has 0 aromatic heterocycles. The van der Waals surface area contributed by atoms with Gasteiger partial charge in [-0.25, -0.2) is 0 Å². The van der Waals surface area contributed by atoms with E-state index in [1.807, 2.05) is 0 Å². The van der Waals surface area contributed by atoms with Gasteiger partial charge in [0.25, 0.3) is 0 Å². The summed E-state index contributed by atoms with van der Waals surface area (Å²) in [5, 5.41) is 3.03. The van der Waals surface area contributed by atoms with E-state index in [2.05, 4.69) is 83.1 Å². The number of benzene rings is 2. The normalized spacial score (nSPS) is 10.8. The van der Waals surface area contributed by atoms with E-state index < -0.39 is 0 Å². The second kappa shape index (κ2) is 7.05. The quantitative estimate of drug-likeness (QED) is 0.544. The first-order valence-corrected chi connectivity index (χ1v) is 9.05. The van der Waals surface area contributed by atoms with E-state index >= 15 is 0 Å². The highest BCUT2D eigenvalue weighted by Crippen LogP contribution is 2.38. The highest BCUT2D eigenvalue weighted by molar-refractivity contribution is 7.73. The van der Waals surface area contributed by atoms with Crippen LogP contribution in [0, 0.1) is 13.8 Å². The van der Waals surface area contributed by atoms with Gasteiger partial charge in [0.1, 0.15) is 0 Å². The van der Waals surface area contributed by atoms with Crippen LogP contribution in [0.1, 0.15) is 31.9 Å². The SMILES string of the molecule is CC(C)=C(C)CP(c1ccccc1C)c1ccccc1C. The number of aryl methyl sites for hydroxylation is 2. The number of hydrogen-bond donors (Lipinski definition) is 0. The molecule has 0 nitrogen and oxygen atoms in total. The predicted octanol–water partition coefficient (Wildman–Crippen LogP) is 5.09. The second-order valence-corrected chi connectivity index (χ2v) is 8.08. The van der Waals surface area contributed by atoms with Gasteiger partial charge >= 0.3 is 0 Å². The fourth-order valence-electron chi connectivity index (χ4n) is 2.43. The highest BCUT2D eigenvalue weighted by atomic mass is 31.1. The lowest BCUT2D eigenvalue weighted by Crippen LogP contribution is -2.19. The smallest absolute Gasteiger partial charge is 0.00340 e. The van der Waals surface area contributed by atoms with E-state index in [-0.39, 0.29) is 7.92 Å². The Kier molecular flexibility index (Phi) is 5.37. The van der Waals surface area contributed by atoms with Gasteiger partial charge < -0.3 is 0 Å². The minimum atomic E-state index is -0.322. The zero-order valence-corrected chi connectivity index (χ0v) is 14.7. The van der Waals surface area contributed by atoms with Crippen LogP contribution in [0.5, 0.6) is 0 Å². The van der Waals surface area contributed by atoms with Crippen LogP contribution in [0.3, 0.4) is 0 Å². The molecular formula is C20H25P. The molecule has 0 aliphatic carbocycles. The lowest BCUT2D eigenvalue weighted by Gasteiger charge is -2.23. The largest absolute Gasteiger partial charge is 0.0771 e. The van der Waals surface area contributed by atoms with Crippen molar-refractivity contribution in [3.8, 4) is 0 Å². The van der Waals surface area contributed by atoms with E-state index in [1.54, 1.807) is 0 Å². The summed E-state index contributed by atoms with van der Waals surface area (Å²) in [6.07, 6.45) is 1.16. The molecule has 2 aromatic carbocycles. The predicted molar refractivity (Wildman–Crippen MR) is 97.5 cm³/mol. The van der Waals surface area contributed by atoms with Crippen LogP contribution in [0.25, 0.3) is 0 Å². The summed E-state index contributed by atoms with van der Waals surface area (Å²) in [6, 6.07) is 17.7. The molecule has 1 heteroatoms. The van der Waals surface area contributed by atoms with Crippen LogP contribution in [-0.2, 0) is 0 Å². The van der Waals surface area contributed by atoms with Crippen molar-refractivity contribution >= 4 is 18.5 Å². The van der Waals surface area contributed by atoms with Crippen LogP contribution in [0.15, 0.2) is 59.7 Å². The van der Waals surface area contributed by atoms with Gasteiger partial charge in [-0.05, 0) is 70.4 Å². The van der Waals surface area contributed by atoms with Crippen LogP contribution < -0.4 is 10.6 Å². The molecule has 0 unspecified atom stereocenters. The third-order valence-corrected chi connectivity index (χ3v) is 7.02. The van der Waals surface area contributed by atoms with Crippen molar-refractivity contribution in [3.05, 3.63) is 70.8 Å². The van der Waals surface area contributed by atoms with Gasteiger partial charge in [0.15, 0.2) is 0 Å². The molecule has 21 heavy (non-hydrogen) atoms. The van der Waals surface area contributed by atoms with Crippen molar-refractivity contribution in [1.29, 1.82) is 0 Å². The number of allylic oxidation sites excluding steroid dienone is 2. The molecule has 0 spiro atoms. The Hall–Kier alpha value is -1.39. The Morgan fingerprint density at radius 2 is 1.19 bits per heavy atom. The Morgan fingerprint density at radius 1 is 0.762 bits per heavy atom. The van der Waals surface area contributed by atoms with Crippen molar-refractivity contribution in [3.63, 3.8) is 0 Å². The fraction of sp³-hybridized carbons (Fsp3) is 0.300. The maximum atomic E-state index is 2.31. The summed E-state index contributed by atoms with van der Waals surface area (Å²) < 4.78 is 0. The van der Waals surface area contributed by atoms with Crippen LogP contribution in [0.2, 0.25) is 0 Å². The van der Waals surface area contributed by atoms with Gasteiger partial charge in [0.05, 0.1) is 0 Å². The van der Waals surface area contributed by atoms with Crippen molar-refractivity contribution in [2.75, 3.05) is 6.16 Å². The molecule has 0 heterocycles. The Balaban J connectivity index is 2.53. The fourth-order valence-corrected chi connectivity index (χ4v) is 5.35. The molecule has 0 atom stereocenters. The van der Waals surface area contributed by atoms with Crippen molar-refractivity contribution in [2.24, 2.45) is 0 Å². The van der Waals surface area contributed by atoms with E-state index in [9.17, 15) is 0 Å². The number of rotatable bonds is 4. The molecule has 0 aliphatic rings. The van der Waals surface area contributed by atoms with Crippen molar-refractivity contribution < 1.29 is 0 Å². The zero-order chi connectivity index (χ0) is 15.4. The average molecular weight is 296 g/mol. The molecule has 2 rings (SSSR count). The molecule has 0 bridgehead atoms. The summed E-state index contributed by atoms with van der Waals surface area (Å²) in [5.74, 6) is 0. The second-order valence-electron chi connectivity index (χ2n) is 5.94. The summed E-state index contributed by atoms with van der Waals surface area (Å²) in [5.41, 5.74) is 5.79. The average Bonchev–Trinajstić information content (AvgIpc) is 2.46. The van der Waals surface area contributed by atoms with Crippen molar-refractivity contribution in [2.45, 2.75) is 34.6 Å². The Bertz CT molecular complexity index is 603. The van der Waals surface area contributed by atoms with Gasteiger partial charge in [-0.15, -0.1) is 0 Å². The van der Waals surface area contributed by atoms with Gasteiger partial charge in [-0.1, -0.05) is 59.7 Å². The molecule has 0 N–H and O–H groups in total. The Labute approximate surface area is 130 Å². The third kappa shape index (κ3) is 3.83. The summed E-state index contributed by atoms with van der Waals surface area (Å²) in [7, 11) is -0.322. The molecule has 0 amide bonds. The first-order valence-electron chi connectivity index (χ1n) is 7.52. The molecule has 110 valence electrons. The lowest BCUT2D eigenvalue weighted by atomic mass is 10.2. The third-order valence-electron chi connectivity index (χ3n) is 4.06. The summed E-state index contributed by atoms with van der Waals surface area (Å²) >= 11 is 0.